The van der Waals surface area contributed by atoms with E-state index in [0.29, 0.717) is 6.42 Å². The lowest BCUT2D eigenvalue weighted by atomic mass is 9.98. The topological polar surface area (TPSA) is 105 Å². The minimum absolute atomic E-state index is 0.0825. The molecule has 3 aromatic carbocycles. The van der Waals surface area contributed by atoms with Crippen molar-refractivity contribution in [1.29, 1.82) is 0 Å². The van der Waals surface area contributed by atoms with Gasteiger partial charge in [0.2, 0.25) is 0 Å². The van der Waals surface area contributed by atoms with Gasteiger partial charge in [-0.15, -0.1) is 0 Å². The maximum atomic E-state index is 12.6. The number of rotatable bonds is 8. The van der Waals surface area contributed by atoms with Crippen LogP contribution in [0.3, 0.4) is 0 Å². The average Bonchev–Trinajstić information content (AvgIpc) is 3.17. The number of carboxylic acids is 1. The Morgan fingerprint density at radius 1 is 1.00 bits per heavy atom. The molecule has 0 saturated carbocycles. The minimum Gasteiger partial charge on any atom is -0.481 e. The third-order valence-corrected chi connectivity index (χ3v) is 6.39. The highest BCUT2D eigenvalue weighted by Gasteiger charge is 2.29. The number of ether oxygens (including phenoxy) is 1. The van der Waals surface area contributed by atoms with Crippen LogP contribution in [0.1, 0.15) is 47.2 Å². The van der Waals surface area contributed by atoms with Crippen molar-refractivity contribution < 1.29 is 24.2 Å². The normalized spacial score (nSPS) is 12.9. The van der Waals surface area contributed by atoms with Gasteiger partial charge in [0, 0.05) is 17.5 Å². The van der Waals surface area contributed by atoms with E-state index in [2.05, 4.69) is 22.8 Å². The Morgan fingerprint density at radius 3 is 2.23 bits per heavy atom. The molecule has 0 heterocycles. The number of aliphatic carboxylic acids is 1. The molecule has 0 radical (unpaired) electrons. The fourth-order valence-corrected chi connectivity index (χ4v) is 4.45. The van der Waals surface area contributed by atoms with Crippen LogP contribution in [0.15, 0.2) is 66.7 Å². The Balaban J connectivity index is 1.43. The van der Waals surface area contributed by atoms with E-state index in [1.165, 1.54) is 18.2 Å². The monoisotopic (exact) mass is 492 g/mol. The van der Waals surface area contributed by atoms with Gasteiger partial charge in [-0.1, -0.05) is 67.1 Å². The van der Waals surface area contributed by atoms with Crippen molar-refractivity contribution in [2.24, 2.45) is 0 Å². The minimum atomic E-state index is -0.995. The standard InChI is InChI=1S/C27H25ClN2O5/c1-2-17(14-25(31)32)29-26(33)16-11-12-23(28)24(13-16)30-27(34)35-15-22-20-9-5-3-7-18(20)19-8-4-6-10-21(19)22/h3-13,17,22H,2,14-15H2,1H3,(H,29,33)(H,30,34)(H,31,32)/t17-/m0/s1. The van der Waals surface area contributed by atoms with Crippen molar-refractivity contribution in [1.82, 2.24) is 5.32 Å². The molecule has 2 amide bonds. The molecule has 4 rings (SSSR count). The second kappa shape index (κ2) is 10.6. The lowest BCUT2D eigenvalue weighted by Crippen LogP contribution is -2.36. The first-order valence-corrected chi connectivity index (χ1v) is 11.7. The number of carbonyl (C=O) groups is 3. The van der Waals surface area contributed by atoms with Gasteiger partial charge in [-0.3, -0.25) is 14.9 Å². The van der Waals surface area contributed by atoms with Gasteiger partial charge in [0.05, 0.1) is 17.1 Å². The molecule has 3 N–H and O–H groups in total. The van der Waals surface area contributed by atoms with Crippen LogP contribution >= 0.6 is 11.6 Å². The molecule has 0 aliphatic heterocycles. The fraction of sp³-hybridized carbons (Fsp3) is 0.222. The Labute approximate surface area is 208 Å². The third kappa shape index (κ3) is 5.46. The van der Waals surface area contributed by atoms with E-state index in [0.717, 1.165) is 22.3 Å². The molecule has 0 saturated heterocycles. The van der Waals surface area contributed by atoms with Gasteiger partial charge in [0.15, 0.2) is 0 Å². The smallest absolute Gasteiger partial charge is 0.411 e. The second-order valence-electron chi connectivity index (χ2n) is 8.32. The fourth-order valence-electron chi connectivity index (χ4n) is 4.28. The number of anilines is 1. The Morgan fingerprint density at radius 2 is 1.63 bits per heavy atom. The highest BCUT2D eigenvalue weighted by atomic mass is 35.5. The summed E-state index contributed by atoms with van der Waals surface area (Å²) in [6.45, 7) is 1.94. The van der Waals surface area contributed by atoms with E-state index in [1.54, 1.807) is 6.92 Å². The zero-order valence-electron chi connectivity index (χ0n) is 19.1. The van der Waals surface area contributed by atoms with E-state index in [1.807, 2.05) is 36.4 Å². The zero-order chi connectivity index (χ0) is 24.9. The van der Waals surface area contributed by atoms with Crippen molar-refractivity contribution in [2.75, 3.05) is 11.9 Å². The molecular formula is C27H25ClN2O5. The SMILES string of the molecule is CC[C@@H](CC(=O)O)NC(=O)c1ccc(Cl)c(NC(=O)OCC2c3ccccc3-c3ccccc32)c1. The van der Waals surface area contributed by atoms with E-state index in [4.69, 9.17) is 21.4 Å². The summed E-state index contributed by atoms with van der Waals surface area (Å²) in [5.74, 6) is -1.53. The largest absolute Gasteiger partial charge is 0.481 e. The molecule has 1 aliphatic carbocycles. The molecule has 0 bridgehead atoms. The molecule has 3 aromatic rings. The van der Waals surface area contributed by atoms with Crippen molar-refractivity contribution in [2.45, 2.75) is 31.7 Å². The van der Waals surface area contributed by atoms with E-state index >= 15 is 0 Å². The first-order chi connectivity index (χ1) is 16.9. The summed E-state index contributed by atoms with van der Waals surface area (Å²) in [6, 6.07) is 20.0. The molecular weight excluding hydrogens is 468 g/mol. The summed E-state index contributed by atoms with van der Waals surface area (Å²) in [7, 11) is 0. The second-order valence-corrected chi connectivity index (χ2v) is 8.73. The molecule has 0 fully saturated rings. The summed E-state index contributed by atoms with van der Waals surface area (Å²) in [5.41, 5.74) is 4.93. The van der Waals surface area contributed by atoms with E-state index < -0.39 is 24.0 Å². The van der Waals surface area contributed by atoms with E-state index in [-0.39, 0.29) is 35.2 Å². The van der Waals surface area contributed by atoms with Crippen LogP contribution in [-0.2, 0) is 9.53 Å². The predicted molar refractivity (Wildman–Crippen MR) is 134 cm³/mol. The zero-order valence-corrected chi connectivity index (χ0v) is 19.8. The molecule has 1 atom stereocenters. The van der Waals surface area contributed by atoms with Gasteiger partial charge in [0.1, 0.15) is 6.61 Å². The van der Waals surface area contributed by atoms with Gasteiger partial charge in [-0.2, -0.15) is 0 Å². The number of hydrogen-bond donors (Lipinski definition) is 3. The number of benzene rings is 3. The van der Waals surface area contributed by atoms with Crippen molar-refractivity contribution in [3.63, 3.8) is 0 Å². The number of fused-ring (bicyclic) bond motifs is 3. The molecule has 35 heavy (non-hydrogen) atoms. The van der Waals surface area contributed by atoms with Crippen LogP contribution in [0.2, 0.25) is 5.02 Å². The Hall–Kier alpha value is -3.84. The average molecular weight is 493 g/mol. The van der Waals surface area contributed by atoms with Gasteiger partial charge < -0.3 is 15.2 Å². The summed E-state index contributed by atoms with van der Waals surface area (Å²) in [5, 5.41) is 14.5. The molecule has 0 spiro atoms. The molecule has 0 aromatic heterocycles. The Kier molecular flexibility index (Phi) is 7.36. The van der Waals surface area contributed by atoms with Crippen LogP contribution in [-0.4, -0.2) is 35.7 Å². The van der Waals surface area contributed by atoms with Crippen LogP contribution in [0.5, 0.6) is 0 Å². The number of hydrogen-bond acceptors (Lipinski definition) is 4. The first-order valence-electron chi connectivity index (χ1n) is 11.3. The highest BCUT2D eigenvalue weighted by molar-refractivity contribution is 6.33. The highest BCUT2D eigenvalue weighted by Crippen LogP contribution is 2.44. The van der Waals surface area contributed by atoms with Crippen LogP contribution < -0.4 is 10.6 Å². The van der Waals surface area contributed by atoms with Gasteiger partial charge in [-0.05, 0) is 46.9 Å². The molecule has 7 nitrogen and oxygen atoms in total. The van der Waals surface area contributed by atoms with Crippen molar-refractivity contribution in [3.05, 3.63) is 88.4 Å². The van der Waals surface area contributed by atoms with Crippen LogP contribution in [0.25, 0.3) is 11.1 Å². The van der Waals surface area contributed by atoms with Crippen LogP contribution in [0.4, 0.5) is 10.5 Å². The lowest BCUT2D eigenvalue weighted by Gasteiger charge is -2.16. The maximum absolute atomic E-state index is 12.6. The number of nitrogens with one attached hydrogen (secondary N) is 2. The number of carboxylic acid groups (broad SMARTS) is 1. The predicted octanol–water partition coefficient (Wildman–Crippen LogP) is 5.68. The number of carbonyl (C=O) groups excluding carboxylic acids is 2. The quantitative estimate of drug-likeness (QED) is 0.375. The summed E-state index contributed by atoms with van der Waals surface area (Å²) in [6.07, 6.45) is -0.402. The van der Waals surface area contributed by atoms with Gasteiger partial charge in [0.25, 0.3) is 5.91 Å². The molecule has 1 aliphatic rings. The molecule has 8 heteroatoms. The molecule has 0 unspecified atom stereocenters. The van der Waals surface area contributed by atoms with E-state index in [9.17, 15) is 14.4 Å². The maximum Gasteiger partial charge on any atom is 0.411 e. The summed E-state index contributed by atoms with van der Waals surface area (Å²) in [4.78, 5) is 36.2. The van der Waals surface area contributed by atoms with Crippen molar-refractivity contribution in [3.8, 4) is 11.1 Å². The van der Waals surface area contributed by atoms with Gasteiger partial charge in [-0.25, -0.2) is 4.79 Å². The van der Waals surface area contributed by atoms with Crippen molar-refractivity contribution >= 4 is 35.3 Å². The third-order valence-electron chi connectivity index (χ3n) is 6.06. The number of halogens is 1. The summed E-state index contributed by atoms with van der Waals surface area (Å²) < 4.78 is 5.55. The number of amides is 2. The van der Waals surface area contributed by atoms with Crippen LogP contribution in [0, 0.1) is 0 Å². The van der Waals surface area contributed by atoms with Gasteiger partial charge >= 0.3 is 12.1 Å². The first kappa shape index (κ1) is 24.3. The molecule has 180 valence electrons. The summed E-state index contributed by atoms with van der Waals surface area (Å²) >= 11 is 6.23. The Bertz CT molecular complexity index is 1230. The lowest BCUT2D eigenvalue weighted by molar-refractivity contribution is -0.137.